The topological polar surface area (TPSA) is 80.6 Å². The smallest absolute Gasteiger partial charge is 0.411 e. The molecule has 0 radical (unpaired) electrons. The van der Waals surface area contributed by atoms with E-state index >= 15 is 0 Å². The Kier molecular flexibility index (Phi) is 7.62. The van der Waals surface area contributed by atoms with Crippen molar-refractivity contribution in [2.45, 2.75) is 31.9 Å². The number of anilines is 1. The lowest BCUT2D eigenvalue weighted by Crippen LogP contribution is -2.52. The van der Waals surface area contributed by atoms with Gasteiger partial charge in [0.1, 0.15) is 12.4 Å². The molecule has 0 unspecified atom stereocenters. The number of nitrogens with zero attached hydrogens (tertiary/aromatic N) is 2. The van der Waals surface area contributed by atoms with Gasteiger partial charge in [-0.05, 0) is 73.7 Å². The summed E-state index contributed by atoms with van der Waals surface area (Å²) in [5, 5.41) is 3.02. The van der Waals surface area contributed by atoms with Crippen LogP contribution in [0.1, 0.15) is 35.2 Å². The van der Waals surface area contributed by atoms with Gasteiger partial charge in [0, 0.05) is 24.2 Å². The average Bonchev–Trinajstić information content (AvgIpc) is 3.30. The van der Waals surface area contributed by atoms with E-state index in [1.165, 1.54) is 0 Å². The number of aryl methyl sites for hydroxylation is 1. The van der Waals surface area contributed by atoms with Gasteiger partial charge in [-0.25, -0.2) is 4.79 Å². The number of rotatable bonds is 8. The van der Waals surface area contributed by atoms with E-state index in [1.807, 2.05) is 66.7 Å². The molecule has 2 bridgehead atoms. The Morgan fingerprint density at radius 2 is 1.82 bits per heavy atom. The Hall–Kier alpha value is -4.01. The molecule has 0 spiro atoms. The van der Waals surface area contributed by atoms with Crippen molar-refractivity contribution in [1.29, 1.82) is 0 Å². The highest BCUT2D eigenvalue weighted by molar-refractivity contribution is 7.16. The Morgan fingerprint density at radius 3 is 2.58 bits per heavy atom. The third kappa shape index (κ3) is 5.64. The first-order chi connectivity index (χ1) is 19.6. The zero-order valence-electron chi connectivity index (χ0n) is 22.1. The van der Waals surface area contributed by atoms with Crippen molar-refractivity contribution in [2.75, 3.05) is 25.0 Å². The lowest BCUT2D eigenvalue weighted by atomic mass is 9.86. The molecule has 3 saturated heterocycles. The predicted molar refractivity (Wildman–Crippen MR) is 160 cm³/mol. The summed E-state index contributed by atoms with van der Waals surface area (Å²) in [6.45, 7) is 3.54. The molecule has 3 fully saturated rings. The molecular formula is C32H31N3O4S. The van der Waals surface area contributed by atoms with E-state index in [1.54, 1.807) is 16.7 Å². The summed E-state index contributed by atoms with van der Waals surface area (Å²) in [4.78, 5) is 38.9. The summed E-state index contributed by atoms with van der Waals surface area (Å²) in [7, 11) is 0. The lowest BCUT2D eigenvalue weighted by molar-refractivity contribution is -0.0289. The molecule has 3 aliphatic heterocycles. The first kappa shape index (κ1) is 26.2. The molecule has 1 N–H and O–H groups in total. The van der Waals surface area contributed by atoms with Gasteiger partial charge in [0.15, 0.2) is 0 Å². The van der Waals surface area contributed by atoms with Crippen LogP contribution in [0, 0.1) is 5.92 Å². The Balaban J connectivity index is 1.17. The van der Waals surface area contributed by atoms with Crippen LogP contribution in [0.3, 0.4) is 0 Å². The number of fused-ring (bicyclic) bond motifs is 4. The molecule has 1 aromatic heterocycles. The molecular weight excluding hydrogens is 522 g/mol. The molecule has 1 atom stereocenters. The molecule has 0 saturated carbocycles. The number of piperidine rings is 3. The van der Waals surface area contributed by atoms with Crippen LogP contribution in [0.5, 0.6) is 0 Å². The molecule has 7 rings (SSSR count). The molecule has 3 aliphatic rings. The van der Waals surface area contributed by atoms with Crippen molar-refractivity contribution < 1.29 is 14.3 Å². The second kappa shape index (κ2) is 11.6. The van der Waals surface area contributed by atoms with Gasteiger partial charge in [-0.1, -0.05) is 66.0 Å². The summed E-state index contributed by atoms with van der Waals surface area (Å²) in [6, 6.07) is 21.3. The highest BCUT2D eigenvalue weighted by Gasteiger charge is 2.36. The van der Waals surface area contributed by atoms with E-state index in [2.05, 4.69) is 10.2 Å². The highest BCUT2D eigenvalue weighted by atomic mass is 32.1. The number of amides is 1. The largest absolute Gasteiger partial charge is 0.444 e. The summed E-state index contributed by atoms with van der Waals surface area (Å²) in [5.74, 6) is 0.443. The fraction of sp³-hybridized carbons (Fsp3) is 0.281. The van der Waals surface area contributed by atoms with Gasteiger partial charge >= 0.3 is 11.0 Å². The number of carbonyl (C=O) groups excluding carboxylic acids is 2. The normalized spacial score (nSPS) is 20.1. The maximum Gasteiger partial charge on any atom is 0.411 e. The SMILES string of the molecule is O=Cc1ccc2c(c1)sc(=O)n2CC/C=C/c1ccc(-c2ccccc2)c(NC(=O)O[C@H]2CN3CCC2CC3)c1. The van der Waals surface area contributed by atoms with Gasteiger partial charge in [-0.2, -0.15) is 0 Å². The van der Waals surface area contributed by atoms with Crippen LogP contribution >= 0.6 is 11.3 Å². The second-order valence-corrected chi connectivity index (χ2v) is 11.4. The van der Waals surface area contributed by atoms with E-state index in [0.717, 1.165) is 77.0 Å². The molecule has 8 heteroatoms. The number of allylic oxidation sites excluding steroid dienone is 1. The third-order valence-corrected chi connectivity index (χ3v) is 8.82. The molecule has 0 aliphatic carbocycles. The van der Waals surface area contributed by atoms with Crippen molar-refractivity contribution in [1.82, 2.24) is 9.47 Å². The van der Waals surface area contributed by atoms with Crippen LogP contribution < -0.4 is 10.2 Å². The third-order valence-electron chi connectivity index (χ3n) is 7.88. The number of nitrogens with one attached hydrogen (secondary N) is 1. The first-order valence-corrected chi connectivity index (χ1v) is 14.5. The second-order valence-electron chi connectivity index (χ2n) is 10.4. The minimum atomic E-state index is -0.418. The number of hydrogen-bond donors (Lipinski definition) is 1. The van der Waals surface area contributed by atoms with Crippen molar-refractivity contribution >= 4 is 45.7 Å². The molecule has 204 valence electrons. The first-order valence-electron chi connectivity index (χ1n) is 13.7. The van der Waals surface area contributed by atoms with Crippen LogP contribution in [-0.2, 0) is 11.3 Å². The number of ether oxygens (including phenoxy) is 1. The highest BCUT2D eigenvalue weighted by Crippen LogP contribution is 2.32. The number of hydrogen-bond acceptors (Lipinski definition) is 6. The molecule has 40 heavy (non-hydrogen) atoms. The quantitative estimate of drug-likeness (QED) is 0.260. The maximum atomic E-state index is 13.0. The van der Waals surface area contributed by atoms with Crippen molar-refractivity contribution in [3.63, 3.8) is 0 Å². The van der Waals surface area contributed by atoms with Crippen LogP contribution in [-0.4, -0.2) is 47.6 Å². The van der Waals surface area contributed by atoms with Gasteiger partial charge in [-0.3, -0.25) is 24.4 Å². The summed E-state index contributed by atoms with van der Waals surface area (Å²) in [6.07, 6.45) is 7.17. The van der Waals surface area contributed by atoms with Crippen molar-refractivity contribution in [3.8, 4) is 11.1 Å². The predicted octanol–water partition coefficient (Wildman–Crippen LogP) is 6.29. The van der Waals surface area contributed by atoms with Crippen LogP contribution in [0.25, 0.3) is 27.4 Å². The van der Waals surface area contributed by atoms with Gasteiger partial charge in [-0.15, -0.1) is 0 Å². The maximum absolute atomic E-state index is 13.0. The number of aldehydes is 1. The molecule has 1 amide bonds. The van der Waals surface area contributed by atoms with Crippen molar-refractivity contribution in [2.24, 2.45) is 5.92 Å². The van der Waals surface area contributed by atoms with Gasteiger partial charge < -0.3 is 4.74 Å². The van der Waals surface area contributed by atoms with Gasteiger partial charge in [0.25, 0.3) is 0 Å². The summed E-state index contributed by atoms with van der Waals surface area (Å²) < 4.78 is 8.46. The minimum absolute atomic E-state index is 0.0355. The lowest BCUT2D eigenvalue weighted by Gasteiger charge is -2.43. The van der Waals surface area contributed by atoms with Crippen LogP contribution in [0.2, 0.25) is 0 Å². The van der Waals surface area contributed by atoms with E-state index in [9.17, 15) is 14.4 Å². The molecule has 4 aromatic rings. The number of aromatic nitrogens is 1. The van der Waals surface area contributed by atoms with E-state index in [0.29, 0.717) is 30.1 Å². The van der Waals surface area contributed by atoms with E-state index in [-0.39, 0.29) is 11.0 Å². The zero-order chi connectivity index (χ0) is 27.5. The fourth-order valence-electron chi connectivity index (χ4n) is 5.75. The molecule has 3 aromatic carbocycles. The average molecular weight is 554 g/mol. The standard InChI is InChI=1S/C32H31N3O4S/c36-21-23-10-12-28-30(19-23)40-32(38)35(28)15-5-4-6-22-9-11-26(24-7-2-1-3-8-24)27(18-22)33-31(37)39-29-20-34-16-13-25(29)14-17-34/h1-4,6-12,18-19,21,25,29H,5,13-17,20H2,(H,33,37)/b6-4+/t29-/m0/s1. The van der Waals surface area contributed by atoms with Crippen LogP contribution in [0.15, 0.2) is 77.6 Å². The van der Waals surface area contributed by atoms with Gasteiger partial charge in [0.2, 0.25) is 0 Å². The Morgan fingerprint density at radius 1 is 1.02 bits per heavy atom. The Bertz CT molecular complexity index is 1620. The van der Waals surface area contributed by atoms with E-state index in [4.69, 9.17) is 4.74 Å². The van der Waals surface area contributed by atoms with Crippen molar-refractivity contribution in [3.05, 3.63) is 93.6 Å². The summed E-state index contributed by atoms with van der Waals surface area (Å²) in [5.41, 5.74) is 4.99. The van der Waals surface area contributed by atoms with E-state index < -0.39 is 6.09 Å². The zero-order valence-corrected chi connectivity index (χ0v) is 22.9. The summed E-state index contributed by atoms with van der Waals surface area (Å²) >= 11 is 1.16. The number of benzene rings is 3. The minimum Gasteiger partial charge on any atom is -0.444 e. The van der Waals surface area contributed by atoms with Crippen LogP contribution in [0.4, 0.5) is 10.5 Å². The van der Waals surface area contributed by atoms with Gasteiger partial charge in [0.05, 0.1) is 15.9 Å². The molecule has 4 heterocycles. The molecule has 7 nitrogen and oxygen atoms in total. The monoisotopic (exact) mass is 553 g/mol. The fourth-order valence-corrected chi connectivity index (χ4v) is 6.72. The number of thiazole rings is 1. The Labute approximate surface area is 236 Å². The number of carbonyl (C=O) groups is 2.